The van der Waals surface area contributed by atoms with Gasteiger partial charge in [0.05, 0.1) is 0 Å². The number of hydrogen-bond donors (Lipinski definition) is 1. The van der Waals surface area contributed by atoms with Crippen LogP contribution in [-0.4, -0.2) is 37.3 Å². The van der Waals surface area contributed by atoms with Crippen molar-refractivity contribution in [3.63, 3.8) is 0 Å². The van der Waals surface area contributed by atoms with Gasteiger partial charge in [0.15, 0.2) is 0 Å². The number of aromatic nitrogens is 1. The van der Waals surface area contributed by atoms with E-state index < -0.39 is 9.05 Å². The molecule has 0 aliphatic carbocycles. The highest BCUT2D eigenvalue weighted by Gasteiger charge is 2.30. The van der Waals surface area contributed by atoms with Gasteiger partial charge in [0, 0.05) is 30.0 Å². The summed E-state index contributed by atoms with van der Waals surface area (Å²) in [4.78, 5) is 16.5. The molecule has 0 radical (unpaired) electrons. The van der Waals surface area contributed by atoms with E-state index in [0.29, 0.717) is 24.9 Å². The molecule has 1 aromatic heterocycles. The molecule has 0 aromatic carbocycles. The number of rotatable bonds is 2. The van der Waals surface area contributed by atoms with E-state index in [-0.39, 0.29) is 16.5 Å². The highest BCUT2D eigenvalue weighted by molar-refractivity contribution is 8.13. The molecule has 1 aliphatic rings. The lowest BCUT2D eigenvalue weighted by Gasteiger charge is -2.14. The third kappa shape index (κ3) is 2.54. The molecule has 2 atom stereocenters. The molecule has 2 heterocycles. The molecular weight excluding hydrogens is 276 g/mol. The van der Waals surface area contributed by atoms with Crippen molar-refractivity contribution in [1.29, 1.82) is 0 Å². The average molecular weight is 291 g/mol. The summed E-state index contributed by atoms with van der Waals surface area (Å²) in [6.07, 6.45) is 1.23. The van der Waals surface area contributed by atoms with Crippen LogP contribution >= 0.6 is 10.7 Å². The Kier molecular flexibility index (Phi) is 3.42. The summed E-state index contributed by atoms with van der Waals surface area (Å²) >= 11 is 0. The first-order valence-corrected chi connectivity index (χ1v) is 8.02. The van der Waals surface area contributed by atoms with Gasteiger partial charge in [0.2, 0.25) is 0 Å². The Hall–Kier alpha value is -1.01. The Balaban J connectivity index is 2.18. The largest absolute Gasteiger partial charge is 0.356 e. The van der Waals surface area contributed by atoms with Crippen molar-refractivity contribution in [2.45, 2.75) is 18.7 Å². The van der Waals surface area contributed by atoms with Crippen LogP contribution in [-0.2, 0) is 9.05 Å². The van der Waals surface area contributed by atoms with Crippen LogP contribution in [0.3, 0.4) is 0 Å². The van der Waals surface area contributed by atoms with Crippen molar-refractivity contribution in [3.05, 3.63) is 18.0 Å². The van der Waals surface area contributed by atoms with Crippen LogP contribution in [0.25, 0.3) is 0 Å². The summed E-state index contributed by atoms with van der Waals surface area (Å²) in [5.41, 5.74) is 0.260. The Labute approximate surface area is 111 Å². The second kappa shape index (κ2) is 4.59. The number of carbonyl (C=O) groups is 1. The normalized spacial score (nSPS) is 24.5. The van der Waals surface area contributed by atoms with Gasteiger partial charge in [-0.05, 0) is 17.9 Å². The molecule has 1 aliphatic heterocycles. The van der Waals surface area contributed by atoms with Crippen LogP contribution < -0.4 is 0 Å². The molecule has 5 nitrogen and oxygen atoms in total. The molecule has 2 unspecified atom stereocenters. The fourth-order valence-corrected chi connectivity index (χ4v) is 2.83. The second-order valence-electron chi connectivity index (χ2n) is 4.85. The van der Waals surface area contributed by atoms with Crippen molar-refractivity contribution >= 4 is 25.6 Å². The summed E-state index contributed by atoms with van der Waals surface area (Å²) in [6, 6.07) is 1.28. The highest BCUT2D eigenvalue weighted by atomic mass is 35.7. The Morgan fingerprint density at radius 3 is 2.39 bits per heavy atom. The topological polar surface area (TPSA) is 70.2 Å². The lowest BCUT2D eigenvalue weighted by atomic mass is 10.0. The third-order valence-electron chi connectivity index (χ3n) is 3.44. The lowest BCUT2D eigenvalue weighted by molar-refractivity contribution is 0.0780. The van der Waals surface area contributed by atoms with Gasteiger partial charge in [0.25, 0.3) is 15.0 Å². The molecule has 1 saturated heterocycles. The van der Waals surface area contributed by atoms with Gasteiger partial charge in [-0.1, -0.05) is 13.8 Å². The lowest BCUT2D eigenvalue weighted by Crippen LogP contribution is -2.29. The molecule has 1 aromatic rings. The molecule has 0 bridgehead atoms. The first-order chi connectivity index (χ1) is 8.29. The van der Waals surface area contributed by atoms with E-state index >= 15 is 0 Å². The number of H-pyrrole nitrogens is 1. The molecule has 0 saturated carbocycles. The summed E-state index contributed by atoms with van der Waals surface area (Å²) in [5.74, 6) is 0.734. The number of hydrogen-bond acceptors (Lipinski definition) is 3. The molecule has 100 valence electrons. The molecule has 18 heavy (non-hydrogen) atoms. The predicted octanol–water partition coefficient (Wildman–Crippen LogP) is 1.67. The van der Waals surface area contributed by atoms with Crippen LogP contribution in [0, 0.1) is 11.8 Å². The molecular formula is C11H15ClN2O3S. The minimum Gasteiger partial charge on any atom is -0.356 e. The van der Waals surface area contributed by atoms with Crippen molar-refractivity contribution in [3.8, 4) is 0 Å². The number of aromatic amines is 1. The van der Waals surface area contributed by atoms with E-state index in [0.717, 1.165) is 0 Å². The minimum atomic E-state index is -3.79. The number of halogens is 1. The second-order valence-corrected chi connectivity index (χ2v) is 7.42. The smallest absolute Gasteiger partial charge is 0.270 e. The number of likely N-dealkylation sites (tertiary alicyclic amines) is 1. The molecule has 1 fully saturated rings. The zero-order valence-corrected chi connectivity index (χ0v) is 11.8. The van der Waals surface area contributed by atoms with Gasteiger partial charge in [-0.2, -0.15) is 0 Å². The minimum absolute atomic E-state index is 0.0761. The molecule has 1 amide bonds. The zero-order chi connectivity index (χ0) is 13.5. The number of amides is 1. The molecule has 7 heteroatoms. The maximum atomic E-state index is 12.1. The average Bonchev–Trinajstić information content (AvgIpc) is 2.85. The first kappa shape index (κ1) is 13.4. The molecule has 0 spiro atoms. The predicted molar refractivity (Wildman–Crippen MR) is 68.1 cm³/mol. The van der Waals surface area contributed by atoms with E-state index in [9.17, 15) is 13.2 Å². The highest BCUT2D eigenvalue weighted by Crippen LogP contribution is 2.24. The summed E-state index contributed by atoms with van der Waals surface area (Å²) in [6.45, 7) is 5.59. The number of nitrogens with one attached hydrogen (secondary N) is 1. The fraction of sp³-hybridized carbons (Fsp3) is 0.545. The van der Waals surface area contributed by atoms with Crippen LogP contribution in [0.4, 0.5) is 0 Å². The third-order valence-corrected chi connectivity index (χ3v) is 4.78. The van der Waals surface area contributed by atoms with E-state index in [4.69, 9.17) is 10.7 Å². The SMILES string of the molecule is CC1CN(C(=O)c2cc(S(=O)(=O)Cl)c[nH]2)CC1C. The van der Waals surface area contributed by atoms with E-state index in [1.807, 2.05) is 0 Å². The van der Waals surface area contributed by atoms with E-state index in [2.05, 4.69) is 18.8 Å². The van der Waals surface area contributed by atoms with Gasteiger partial charge in [-0.15, -0.1) is 0 Å². The van der Waals surface area contributed by atoms with Gasteiger partial charge in [-0.25, -0.2) is 8.42 Å². The van der Waals surface area contributed by atoms with Gasteiger partial charge in [0.1, 0.15) is 10.6 Å². The first-order valence-electron chi connectivity index (χ1n) is 5.71. The molecule has 1 N–H and O–H groups in total. The maximum Gasteiger partial charge on any atom is 0.270 e. The Morgan fingerprint density at radius 1 is 1.39 bits per heavy atom. The summed E-state index contributed by atoms with van der Waals surface area (Å²) in [5, 5.41) is 0. The summed E-state index contributed by atoms with van der Waals surface area (Å²) < 4.78 is 22.2. The standard InChI is InChI=1S/C11H15ClN2O3S/c1-7-5-14(6-8(7)2)11(15)10-3-9(4-13-10)18(12,16)17/h3-4,7-8,13H,5-6H2,1-2H3. The van der Waals surface area contributed by atoms with Crippen LogP contribution in [0.2, 0.25) is 0 Å². The monoisotopic (exact) mass is 290 g/mol. The Morgan fingerprint density at radius 2 is 1.94 bits per heavy atom. The van der Waals surface area contributed by atoms with Crippen molar-refractivity contribution in [1.82, 2.24) is 9.88 Å². The van der Waals surface area contributed by atoms with Crippen molar-refractivity contribution in [2.24, 2.45) is 11.8 Å². The van der Waals surface area contributed by atoms with Gasteiger partial charge < -0.3 is 9.88 Å². The Bertz CT molecular complexity index is 557. The van der Waals surface area contributed by atoms with Crippen LogP contribution in [0.5, 0.6) is 0 Å². The number of nitrogens with zero attached hydrogens (tertiary/aromatic N) is 1. The number of carbonyl (C=O) groups excluding carboxylic acids is 1. The van der Waals surface area contributed by atoms with Gasteiger partial charge >= 0.3 is 0 Å². The zero-order valence-electron chi connectivity index (χ0n) is 10.2. The summed E-state index contributed by atoms with van der Waals surface area (Å²) in [7, 11) is 1.42. The van der Waals surface area contributed by atoms with Crippen molar-refractivity contribution in [2.75, 3.05) is 13.1 Å². The quantitative estimate of drug-likeness (QED) is 0.842. The van der Waals surface area contributed by atoms with E-state index in [1.54, 1.807) is 4.90 Å². The fourth-order valence-electron chi connectivity index (χ4n) is 2.10. The van der Waals surface area contributed by atoms with Crippen LogP contribution in [0.15, 0.2) is 17.2 Å². The van der Waals surface area contributed by atoms with Crippen LogP contribution in [0.1, 0.15) is 24.3 Å². The van der Waals surface area contributed by atoms with Gasteiger partial charge in [-0.3, -0.25) is 4.79 Å². The molecule has 2 rings (SSSR count). The van der Waals surface area contributed by atoms with E-state index in [1.165, 1.54) is 12.3 Å². The maximum absolute atomic E-state index is 12.1. The van der Waals surface area contributed by atoms with Crippen molar-refractivity contribution < 1.29 is 13.2 Å².